The Morgan fingerprint density at radius 3 is 2.62 bits per heavy atom. The van der Waals surface area contributed by atoms with Crippen molar-refractivity contribution in [2.45, 2.75) is 64.0 Å². The summed E-state index contributed by atoms with van der Waals surface area (Å²) in [7, 11) is 0. The number of aryl methyl sites for hydroxylation is 1. The molecule has 2 N–H and O–H groups in total. The number of hydrogen-bond donors (Lipinski definition) is 2. The van der Waals surface area contributed by atoms with Crippen molar-refractivity contribution in [3.63, 3.8) is 0 Å². The van der Waals surface area contributed by atoms with E-state index < -0.39 is 0 Å². The Labute approximate surface area is 128 Å². The Morgan fingerprint density at radius 2 is 1.90 bits per heavy atom. The largest absolute Gasteiger partial charge is 0.508 e. The highest BCUT2D eigenvalue weighted by Crippen LogP contribution is 2.19. The van der Waals surface area contributed by atoms with E-state index in [9.17, 15) is 5.11 Å². The molecule has 1 aliphatic rings. The third-order valence-corrected chi connectivity index (χ3v) is 4.30. The number of rotatable bonds is 8. The quantitative estimate of drug-likeness (QED) is 0.718. The molecule has 21 heavy (non-hydrogen) atoms. The van der Waals surface area contributed by atoms with Crippen molar-refractivity contribution < 1.29 is 9.84 Å². The van der Waals surface area contributed by atoms with Crippen LogP contribution in [0.1, 0.15) is 51.0 Å². The topological polar surface area (TPSA) is 41.5 Å². The maximum Gasteiger partial charge on any atom is 0.115 e. The molecule has 1 saturated carbocycles. The third kappa shape index (κ3) is 6.49. The predicted octanol–water partition coefficient (Wildman–Crippen LogP) is 3.65. The average molecular weight is 291 g/mol. The molecule has 0 aromatic heterocycles. The van der Waals surface area contributed by atoms with Crippen LogP contribution in [0.5, 0.6) is 5.75 Å². The van der Waals surface area contributed by atoms with Gasteiger partial charge in [-0.3, -0.25) is 0 Å². The van der Waals surface area contributed by atoms with Gasteiger partial charge in [0.05, 0.1) is 12.7 Å². The molecule has 0 amide bonds. The second kappa shape index (κ2) is 9.06. The Balaban J connectivity index is 1.52. The Hall–Kier alpha value is -1.06. The van der Waals surface area contributed by atoms with Crippen LogP contribution >= 0.6 is 0 Å². The van der Waals surface area contributed by atoms with Crippen molar-refractivity contribution in [2.75, 3.05) is 13.2 Å². The third-order valence-electron chi connectivity index (χ3n) is 4.30. The molecule has 0 aliphatic heterocycles. The van der Waals surface area contributed by atoms with Crippen molar-refractivity contribution in [3.05, 3.63) is 29.8 Å². The number of phenols is 1. The maximum atomic E-state index is 9.26. The van der Waals surface area contributed by atoms with Gasteiger partial charge in [-0.1, -0.05) is 31.4 Å². The smallest absolute Gasteiger partial charge is 0.115 e. The van der Waals surface area contributed by atoms with E-state index >= 15 is 0 Å². The maximum absolute atomic E-state index is 9.26. The van der Waals surface area contributed by atoms with E-state index in [0.717, 1.165) is 26.0 Å². The fourth-order valence-electron chi connectivity index (χ4n) is 2.91. The molecule has 0 bridgehead atoms. The van der Waals surface area contributed by atoms with E-state index in [2.05, 4.69) is 12.2 Å². The molecule has 2 rings (SSSR count). The van der Waals surface area contributed by atoms with Crippen LogP contribution in [0, 0.1) is 0 Å². The number of ether oxygens (including phenoxy) is 1. The van der Waals surface area contributed by atoms with Crippen molar-refractivity contribution >= 4 is 0 Å². The summed E-state index contributed by atoms with van der Waals surface area (Å²) in [6.07, 6.45) is 9.20. The van der Waals surface area contributed by atoms with Crippen molar-refractivity contribution in [2.24, 2.45) is 0 Å². The Kier molecular flexibility index (Phi) is 7.04. The second-order valence-corrected chi connectivity index (χ2v) is 6.19. The van der Waals surface area contributed by atoms with E-state index in [0.29, 0.717) is 17.9 Å². The molecule has 1 fully saturated rings. The molecule has 1 aromatic rings. The van der Waals surface area contributed by atoms with Gasteiger partial charge in [0, 0.05) is 12.6 Å². The SMILES string of the molecule is CC(CCc1ccc(O)cc1)NCCOC1CCCCC1. The fraction of sp³-hybridized carbons (Fsp3) is 0.667. The molecular weight excluding hydrogens is 262 g/mol. The number of hydrogen-bond acceptors (Lipinski definition) is 3. The number of phenolic OH excluding ortho intramolecular Hbond substituents is 1. The van der Waals surface area contributed by atoms with E-state index in [1.165, 1.54) is 37.7 Å². The van der Waals surface area contributed by atoms with Crippen LogP contribution in [0.2, 0.25) is 0 Å². The lowest BCUT2D eigenvalue weighted by molar-refractivity contribution is 0.0295. The van der Waals surface area contributed by atoms with Gasteiger partial charge in [-0.05, 0) is 50.3 Å². The van der Waals surface area contributed by atoms with Gasteiger partial charge in [0.25, 0.3) is 0 Å². The van der Waals surface area contributed by atoms with Crippen LogP contribution in [0.25, 0.3) is 0 Å². The van der Waals surface area contributed by atoms with Crippen LogP contribution in [-0.4, -0.2) is 30.4 Å². The van der Waals surface area contributed by atoms with Gasteiger partial charge in [-0.2, -0.15) is 0 Å². The minimum absolute atomic E-state index is 0.338. The summed E-state index contributed by atoms with van der Waals surface area (Å²) in [6.45, 7) is 3.99. The lowest BCUT2D eigenvalue weighted by Gasteiger charge is -2.22. The van der Waals surface area contributed by atoms with Crippen LogP contribution in [-0.2, 0) is 11.2 Å². The summed E-state index contributed by atoms with van der Waals surface area (Å²) < 4.78 is 5.92. The number of benzene rings is 1. The average Bonchev–Trinajstić information content (AvgIpc) is 2.52. The zero-order valence-electron chi connectivity index (χ0n) is 13.2. The van der Waals surface area contributed by atoms with E-state index in [-0.39, 0.29) is 0 Å². The highest BCUT2D eigenvalue weighted by atomic mass is 16.5. The van der Waals surface area contributed by atoms with Crippen molar-refractivity contribution in [1.82, 2.24) is 5.32 Å². The minimum atomic E-state index is 0.338. The molecule has 3 nitrogen and oxygen atoms in total. The van der Waals surface area contributed by atoms with Gasteiger partial charge in [0.2, 0.25) is 0 Å². The summed E-state index contributed by atoms with van der Waals surface area (Å²) in [5.74, 6) is 0.338. The number of nitrogens with one attached hydrogen (secondary N) is 1. The van der Waals surface area contributed by atoms with Crippen LogP contribution < -0.4 is 5.32 Å². The Bertz CT molecular complexity index is 385. The number of aromatic hydroxyl groups is 1. The monoisotopic (exact) mass is 291 g/mol. The molecule has 3 heteroatoms. The minimum Gasteiger partial charge on any atom is -0.508 e. The zero-order chi connectivity index (χ0) is 14.9. The van der Waals surface area contributed by atoms with Crippen molar-refractivity contribution in [1.29, 1.82) is 0 Å². The van der Waals surface area contributed by atoms with Gasteiger partial charge < -0.3 is 15.2 Å². The molecular formula is C18H29NO2. The zero-order valence-corrected chi connectivity index (χ0v) is 13.2. The summed E-state index contributed by atoms with van der Waals surface area (Å²) in [5, 5.41) is 12.8. The molecule has 0 saturated heterocycles. The normalized spacial score (nSPS) is 17.8. The van der Waals surface area contributed by atoms with Gasteiger partial charge >= 0.3 is 0 Å². The lowest BCUT2D eigenvalue weighted by Crippen LogP contribution is -2.31. The van der Waals surface area contributed by atoms with E-state index in [1.807, 2.05) is 12.1 Å². The molecule has 118 valence electrons. The molecule has 0 radical (unpaired) electrons. The van der Waals surface area contributed by atoms with Gasteiger partial charge in [0.1, 0.15) is 5.75 Å². The highest BCUT2D eigenvalue weighted by Gasteiger charge is 2.13. The first kappa shape index (κ1) is 16.3. The second-order valence-electron chi connectivity index (χ2n) is 6.19. The summed E-state index contributed by atoms with van der Waals surface area (Å²) in [5.41, 5.74) is 1.28. The van der Waals surface area contributed by atoms with Crippen LogP contribution in [0.15, 0.2) is 24.3 Å². The standard InChI is InChI=1S/C18H29NO2/c1-15(7-8-16-9-11-17(20)12-10-16)19-13-14-21-18-5-3-2-4-6-18/h9-12,15,18-20H,2-8,13-14H2,1H3. The van der Waals surface area contributed by atoms with Crippen molar-refractivity contribution in [3.8, 4) is 5.75 Å². The lowest BCUT2D eigenvalue weighted by atomic mass is 9.98. The summed E-state index contributed by atoms with van der Waals surface area (Å²) >= 11 is 0. The fourth-order valence-corrected chi connectivity index (χ4v) is 2.91. The van der Waals surface area contributed by atoms with Gasteiger partial charge in [0.15, 0.2) is 0 Å². The van der Waals surface area contributed by atoms with Crippen LogP contribution in [0.4, 0.5) is 0 Å². The Morgan fingerprint density at radius 1 is 1.19 bits per heavy atom. The molecule has 1 unspecified atom stereocenters. The van der Waals surface area contributed by atoms with Gasteiger partial charge in [-0.15, -0.1) is 0 Å². The summed E-state index contributed by atoms with van der Waals surface area (Å²) in [6, 6.07) is 7.99. The first-order valence-corrected chi connectivity index (χ1v) is 8.37. The van der Waals surface area contributed by atoms with Gasteiger partial charge in [-0.25, -0.2) is 0 Å². The molecule has 1 aromatic carbocycles. The van der Waals surface area contributed by atoms with Crippen LogP contribution in [0.3, 0.4) is 0 Å². The highest BCUT2D eigenvalue weighted by molar-refractivity contribution is 5.25. The molecule has 1 aliphatic carbocycles. The summed E-state index contributed by atoms with van der Waals surface area (Å²) in [4.78, 5) is 0. The van der Waals surface area contributed by atoms with E-state index in [4.69, 9.17) is 4.74 Å². The van der Waals surface area contributed by atoms with E-state index in [1.54, 1.807) is 12.1 Å². The first-order valence-electron chi connectivity index (χ1n) is 8.37. The predicted molar refractivity (Wildman–Crippen MR) is 86.7 cm³/mol. The molecule has 1 atom stereocenters. The molecule has 0 heterocycles. The first-order chi connectivity index (χ1) is 10.2. The molecule has 0 spiro atoms.